The van der Waals surface area contributed by atoms with Gasteiger partial charge >= 0.3 is 0 Å². The van der Waals surface area contributed by atoms with E-state index in [0.717, 1.165) is 12.5 Å². The van der Waals surface area contributed by atoms with Crippen LogP contribution in [0.25, 0.3) is 0 Å². The lowest BCUT2D eigenvalue weighted by Crippen LogP contribution is -2.13. The number of hydrogen-bond acceptors (Lipinski definition) is 1. The Bertz CT molecular complexity index is 71.3. The van der Waals surface area contributed by atoms with Gasteiger partial charge in [0.25, 0.3) is 0 Å². The highest BCUT2D eigenvalue weighted by molar-refractivity contribution is 4.58. The van der Waals surface area contributed by atoms with E-state index in [-0.39, 0.29) is 0 Å². The molecule has 0 spiro atoms. The minimum Gasteiger partial charge on any atom is -0.330 e. The Morgan fingerprint density at radius 1 is 1.00 bits per heavy atom. The molecule has 1 nitrogen and oxygen atoms in total. The maximum absolute atomic E-state index is 5.64. The van der Waals surface area contributed by atoms with Crippen LogP contribution in [-0.4, -0.2) is 6.54 Å². The third-order valence-electron chi connectivity index (χ3n) is 2.25. The van der Waals surface area contributed by atoms with Crippen molar-refractivity contribution in [3.63, 3.8) is 0 Å². The monoisotopic (exact) mass is 157 g/mol. The van der Waals surface area contributed by atoms with E-state index in [1.807, 2.05) is 0 Å². The van der Waals surface area contributed by atoms with Gasteiger partial charge in [-0.05, 0) is 25.3 Å². The molecule has 1 atom stereocenters. The van der Waals surface area contributed by atoms with Crippen LogP contribution < -0.4 is 5.73 Å². The van der Waals surface area contributed by atoms with Crippen molar-refractivity contribution < 1.29 is 0 Å². The fourth-order valence-electron chi connectivity index (χ4n) is 1.47. The van der Waals surface area contributed by atoms with Crippen molar-refractivity contribution in [1.29, 1.82) is 0 Å². The maximum Gasteiger partial charge on any atom is -0.00489 e. The average molecular weight is 157 g/mol. The van der Waals surface area contributed by atoms with Crippen LogP contribution in [-0.2, 0) is 0 Å². The van der Waals surface area contributed by atoms with E-state index in [1.165, 1.54) is 38.5 Å². The normalized spacial score (nSPS) is 13.4. The molecule has 0 aromatic carbocycles. The Morgan fingerprint density at radius 2 is 1.73 bits per heavy atom. The van der Waals surface area contributed by atoms with E-state index in [2.05, 4.69) is 13.8 Å². The maximum atomic E-state index is 5.64. The van der Waals surface area contributed by atoms with Gasteiger partial charge in [0.2, 0.25) is 0 Å². The molecule has 68 valence electrons. The summed E-state index contributed by atoms with van der Waals surface area (Å²) in [5.74, 6) is 0.798. The first-order valence-electron chi connectivity index (χ1n) is 5.05. The molecule has 0 saturated carbocycles. The summed E-state index contributed by atoms with van der Waals surface area (Å²) in [5, 5.41) is 0. The van der Waals surface area contributed by atoms with E-state index in [4.69, 9.17) is 5.73 Å². The number of hydrogen-bond donors (Lipinski definition) is 1. The Hall–Kier alpha value is -0.0400. The molecule has 1 unspecified atom stereocenters. The summed E-state index contributed by atoms with van der Waals surface area (Å²) in [5.41, 5.74) is 5.64. The molecule has 0 radical (unpaired) electrons. The summed E-state index contributed by atoms with van der Waals surface area (Å²) in [4.78, 5) is 0. The van der Waals surface area contributed by atoms with Gasteiger partial charge in [-0.3, -0.25) is 0 Å². The fraction of sp³-hybridized carbons (Fsp3) is 1.00. The molecule has 0 saturated heterocycles. The van der Waals surface area contributed by atoms with E-state index >= 15 is 0 Å². The lowest BCUT2D eigenvalue weighted by atomic mass is 9.97. The minimum atomic E-state index is 0.798. The van der Waals surface area contributed by atoms with Crippen LogP contribution >= 0.6 is 0 Å². The van der Waals surface area contributed by atoms with Gasteiger partial charge in [0.05, 0.1) is 0 Å². The van der Waals surface area contributed by atoms with Crippen molar-refractivity contribution in [3.05, 3.63) is 0 Å². The highest BCUT2D eigenvalue weighted by Crippen LogP contribution is 2.13. The summed E-state index contributed by atoms with van der Waals surface area (Å²) in [6, 6.07) is 0. The lowest BCUT2D eigenvalue weighted by Gasteiger charge is -2.12. The quantitative estimate of drug-likeness (QED) is 0.565. The van der Waals surface area contributed by atoms with Crippen LogP contribution in [0.3, 0.4) is 0 Å². The molecule has 0 bridgehead atoms. The average Bonchev–Trinajstić information content (AvgIpc) is 2.03. The first-order chi connectivity index (χ1) is 5.35. The number of unbranched alkanes of at least 4 members (excludes halogenated alkanes) is 2. The first kappa shape index (κ1) is 11.0. The molecule has 0 heterocycles. The van der Waals surface area contributed by atoms with Gasteiger partial charge < -0.3 is 5.73 Å². The molecule has 0 fully saturated rings. The number of nitrogens with two attached hydrogens (primary N) is 1. The van der Waals surface area contributed by atoms with Gasteiger partial charge in [0, 0.05) is 0 Å². The zero-order chi connectivity index (χ0) is 8.53. The molecule has 0 aliphatic carbocycles. The fourth-order valence-corrected chi connectivity index (χ4v) is 1.47. The van der Waals surface area contributed by atoms with Crippen molar-refractivity contribution in [2.45, 2.75) is 52.4 Å². The van der Waals surface area contributed by atoms with Crippen molar-refractivity contribution in [2.75, 3.05) is 6.54 Å². The Labute approximate surface area is 71.4 Å². The van der Waals surface area contributed by atoms with Gasteiger partial charge in [0.15, 0.2) is 0 Å². The van der Waals surface area contributed by atoms with Gasteiger partial charge in [-0.15, -0.1) is 0 Å². The summed E-state index contributed by atoms with van der Waals surface area (Å²) >= 11 is 0. The predicted octanol–water partition coefficient (Wildman–Crippen LogP) is 2.94. The van der Waals surface area contributed by atoms with Crippen LogP contribution in [0.1, 0.15) is 52.4 Å². The molecule has 2 N–H and O–H groups in total. The molecule has 0 aliphatic heterocycles. The highest BCUT2D eigenvalue weighted by atomic mass is 14.5. The highest BCUT2D eigenvalue weighted by Gasteiger charge is 2.03. The summed E-state index contributed by atoms with van der Waals surface area (Å²) in [6.07, 6.45) is 8.02. The smallest absolute Gasteiger partial charge is 0.00489 e. The Balaban J connectivity index is 3.20. The molecule has 0 aliphatic rings. The van der Waals surface area contributed by atoms with E-state index in [9.17, 15) is 0 Å². The van der Waals surface area contributed by atoms with Crippen molar-refractivity contribution >= 4 is 0 Å². The second-order valence-corrected chi connectivity index (χ2v) is 3.39. The Kier molecular flexibility index (Phi) is 8.03. The zero-order valence-electron chi connectivity index (χ0n) is 8.10. The van der Waals surface area contributed by atoms with Gasteiger partial charge in [-0.2, -0.15) is 0 Å². The molecule has 11 heavy (non-hydrogen) atoms. The van der Waals surface area contributed by atoms with Gasteiger partial charge in [-0.1, -0.05) is 39.5 Å². The molecule has 0 aromatic heterocycles. The second-order valence-electron chi connectivity index (χ2n) is 3.39. The van der Waals surface area contributed by atoms with Crippen LogP contribution in [0.4, 0.5) is 0 Å². The molecular formula is C10H23N. The van der Waals surface area contributed by atoms with Crippen LogP contribution in [0, 0.1) is 5.92 Å². The summed E-state index contributed by atoms with van der Waals surface area (Å²) < 4.78 is 0. The largest absolute Gasteiger partial charge is 0.330 e. The van der Waals surface area contributed by atoms with Crippen LogP contribution in [0.2, 0.25) is 0 Å². The standard InChI is InChI=1S/C10H23N/c1-3-5-6-8-10(9-11)7-4-2/h10H,3-9,11H2,1-2H3. The van der Waals surface area contributed by atoms with Crippen LogP contribution in [0.15, 0.2) is 0 Å². The van der Waals surface area contributed by atoms with Gasteiger partial charge in [0.1, 0.15) is 0 Å². The minimum absolute atomic E-state index is 0.798. The van der Waals surface area contributed by atoms with E-state index in [1.54, 1.807) is 0 Å². The molecule has 0 aromatic rings. The predicted molar refractivity (Wildman–Crippen MR) is 51.6 cm³/mol. The van der Waals surface area contributed by atoms with Crippen molar-refractivity contribution in [1.82, 2.24) is 0 Å². The third kappa shape index (κ3) is 6.36. The summed E-state index contributed by atoms with van der Waals surface area (Å²) in [7, 11) is 0. The molecular weight excluding hydrogens is 134 g/mol. The zero-order valence-corrected chi connectivity index (χ0v) is 8.10. The van der Waals surface area contributed by atoms with E-state index in [0.29, 0.717) is 0 Å². The van der Waals surface area contributed by atoms with Crippen LogP contribution in [0.5, 0.6) is 0 Å². The topological polar surface area (TPSA) is 26.0 Å². The lowest BCUT2D eigenvalue weighted by molar-refractivity contribution is 0.433. The van der Waals surface area contributed by atoms with Crippen molar-refractivity contribution in [3.8, 4) is 0 Å². The van der Waals surface area contributed by atoms with Gasteiger partial charge in [-0.25, -0.2) is 0 Å². The first-order valence-corrected chi connectivity index (χ1v) is 5.05. The van der Waals surface area contributed by atoms with Crippen molar-refractivity contribution in [2.24, 2.45) is 11.7 Å². The summed E-state index contributed by atoms with van der Waals surface area (Å²) in [6.45, 7) is 5.37. The van der Waals surface area contributed by atoms with E-state index < -0.39 is 0 Å². The second kappa shape index (κ2) is 8.06. The number of rotatable bonds is 7. The molecule has 0 rings (SSSR count). The Morgan fingerprint density at radius 3 is 2.18 bits per heavy atom. The third-order valence-corrected chi connectivity index (χ3v) is 2.25. The SMILES string of the molecule is CCCCCC(CN)CCC. The molecule has 0 amide bonds. The molecule has 1 heteroatoms.